The SMILES string of the molecule is CC1(C)c2ccccc2-c2ccc(N(c3cccc(-c4ccccc4)c3)c3ccc(-c4ccc5c(c4)c4ccccc4n5-c4ccccc4)c(-c4ccc5c(c4)-c4ccccc4C54c5ccccc5-c5ccccc54)c3)cc21. The summed E-state index contributed by atoms with van der Waals surface area (Å²) < 4.78 is 2.41. The molecule has 0 radical (unpaired) electrons. The van der Waals surface area contributed by atoms with Gasteiger partial charge in [-0.3, -0.25) is 0 Å². The molecule has 16 rings (SSSR count). The minimum absolute atomic E-state index is 0.171. The Morgan fingerprint density at radius 2 is 0.769 bits per heavy atom. The molecule has 0 atom stereocenters. The maximum atomic E-state index is 2.50. The van der Waals surface area contributed by atoms with Crippen LogP contribution in [-0.2, 0) is 10.8 Å². The van der Waals surface area contributed by atoms with Gasteiger partial charge in [0.1, 0.15) is 0 Å². The highest BCUT2D eigenvalue weighted by atomic mass is 15.1. The summed E-state index contributed by atoms with van der Waals surface area (Å²) >= 11 is 0. The van der Waals surface area contributed by atoms with Gasteiger partial charge in [0, 0.05) is 38.9 Å². The molecular formula is C76H52N2. The van der Waals surface area contributed by atoms with Gasteiger partial charge in [-0.1, -0.05) is 220 Å². The summed E-state index contributed by atoms with van der Waals surface area (Å²) in [4.78, 5) is 2.49. The molecule has 13 aromatic rings. The Morgan fingerprint density at radius 1 is 0.269 bits per heavy atom. The summed E-state index contributed by atoms with van der Waals surface area (Å²) in [5, 5.41) is 2.46. The van der Waals surface area contributed by atoms with Crippen LogP contribution in [0.25, 0.3) is 94.3 Å². The zero-order valence-corrected chi connectivity index (χ0v) is 43.5. The minimum atomic E-state index is -0.429. The molecule has 366 valence electrons. The number of fused-ring (bicyclic) bond motifs is 16. The fraction of sp³-hybridized carbons (Fsp3) is 0.0526. The van der Waals surface area contributed by atoms with E-state index in [1.165, 1.54) is 122 Å². The molecule has 3 aliphatic rings. The zero-order valence-electron chi connectivity index (χ0n) is 43.5. The van der Waals surface area contributed by atoms with E-state index in [1.54, 1.807) is 0 Å². The van der Waals surface area contributed by atoms with Gasteiger partial charge in [-0.25, -0.2) is 0 Å². The molecule has 2 nitrogen and oxygen atoms in total. The minimum Gasteiger partial charge on any atom is -0.310 e. The molecule has 0 aliphatic heterocycles. The molecule has 0 amide bonds. The van der Waals surface area contributed by atoms with Crippen molar-refractivity contribution in [1.82, 2.24) is 4.57 Å². The Hall–Kier alpha value is -9.76. The number of benzene rings is 12. The first-order valence-electron chi connectivity index (χ1n) is 27.3. The largest absolute Gasteiger partial charge is 0.310 e. The highest BCUT2D eigenvalue weighted by molar-refractivity contribution is 6.11. The predicted molar refractivity (Wildman–Crippen MR) is 326 cm³/mol. The van der Waals surface area contributed by atoms with Gasteiger partial charge in [0.05, 0.1) is 16.4 Å². The summed E-state index contributed by atoms with van der Waals surface area (Å²) in [6.45, 7) is 4.75. The van der Waals surface area contributed by atoms with E-state index in [-0.39, 0.29) is 5.41 Å². The van der Waals surface area contributed by atoms with E-state index in [9.17, 15) is 0 Å². The molecule has 12 aromatic carbocycles. The molecule has 1 aromatic heterocycles. The van der Waals surface area contributed by atoms with Gasteiger partial charge in [0.2, 0.25) is 0 Å². The third-order valence-electron chi connectivity index (χ3n) is 17.6. The van der Waals surface area contributed by atoms with Crippen molar-refractivity contribution in [2.24, 2.45) is 0 Å². The van der Waals surface area contributed by atoms with Crippen LogP contribution in [0.3, 0.4) is 0 Å². The summed E-state index contributed by atoms with van der Waals surface area (Å²) in [5.74, 6) is 0. The first-order valence-corrected chi connectivity index (χ1v) is 27.3. The van der Waals surface area contributed by atoms with Gasteiger partial charge in [-0.05, 0) is 173 Å². The fourth-order valence-electron chi connectivity index (χ4n) is 14.2. The number of hydrogen-bond acceptors (Lipinski definition) is 1. The van der Waals surface area contributed by atoms with E-state index in [0.717, 1.165) is 22.7 Å². The second-order valence-corrected chi connectivity index (χ2v) is 21.9. The second-order valence-electron chi connectivity index (χ2n) is 21.9. The van der Waals surface area contributed by atoms with Crippen LogP contribution < -0.4 is 4.90 Å². The average Bonchev–Trinajstić information content (AvgIpc) is 4.23. The van der Waals surface area contributed by atoms with Crippen LogP contribution in [0.4, 0.5) is 17.1 Å². The Balaban J connectivity index is 0.946. The van der Waals surface area contributed by atoms with Gasteiger partial charge in [0.25, 0.3) is 0 Å². The molecule has 0 N–H and O–H groups in total. The maximum Gasteiger partial charge on any atom is 0.0725 e. The third-order valence-corrected chi connectivity index (χ3v) is 17.6. The molecule has 1 heterocycles. The predicted octanol–water partition coefficient (Wildman–Crippen LogP) is 19.9. The number of para-hydroxylation sites is 2. The molecule has 0 bridgehead atoms. The number of aromatic nitrogens is 1. The first kappa shape index (κ1) is 44.5. The van der Waals surface area contributed by atoms with Crippen molar-refractivity contribution >= 4 is 38.9 Å². The van der Waals surface area contributed by atoms with Crippen molar-refractivity contribution in [1.29, 1.82) is 0 Å². The standard InChI is InChI=1S/C76H52N2/c1-75(2)67-31-14-9-26-58(67)62-41-39-56(48-72(62)75)77(54-25-19-22-50(44-54)49-20-5-3-6-21-49)55-38-40-57(51-37-43-74-66(46-51)63-30-13-18-35-73(63)78(74)53-23-7-4-8-24-53)64(47-55)52-36-42-71-65(45-52)61-29-12-17-34-70(61)76(71)68-32-15-10-27-59(68)60-28-11-16-33-69(60)76/h3-48H,1-2H3. The Morgan fingerprint density at radius 3 is 1.49 bits per heavy atom. The molecule has 0 unspecified atom stereocenters. The van der Waals surface area contributed by atoms with E-state index >= 15 is 0 Å². The van der Waals surface area contributed by atoms with Crippen molar-refractivity contribution < 1.29 is 0 Å². The Bertz CT molecular complexity index is 4550. The highest BCUT2D eigenvalue weighted by Crippen LogP contribution is 2.63. The van der Waals surface area contributed by atoms with Gasteiger partial charge >= 0.3 is 0 Å². The van der Waals surface area contributed by atoms with Crippen LogP contribution in [0.2, 0.25) is 0 Å². The zero-order chi connectivity index (χ0) is 51.7. The molecule has 0 saturated carbocycles. The summed E-state index contributed by atoms with van der Waals surface area (Å²) in [6.07, 6.45) is 0. The molecular weight excluding hydrogens is 941 g/mol. The molecule has 78 heavy (non-hydrogen) atoms. The third kappa shape index (κ3) is 6.32. The first-order chi connectivity index (χ1) is 38.4. The van der Waals surface area contributed by atoms with Gasteiger partial charge in [-0.2, -0.15) is 0 Å². The molecule has 3 aliphatic carbocycles. The summed E-state index contributed by atoms with van der Waals surface area (Å²) in [6, 6.07) is 105. The van der Waals surface area contributed by atoms with E-state index in [4.69, 9.17) is 0 Å². The second kappa shape index (κ2) is 16.9. The van der Waals surface area contributed by atoms with E-state index in [2.05, 4.69) is 302 Å². The highest BCUT2D eigenvalue weighted by Gasteiger charge is 2.51. The van der Waals surface area contributed by atoms with Gasteiger partial charge in [-0.15, -0.1) is 0 Å². The molecule has 1 spiro atoms. The fourth-order valence-corrected chi connectivity index (χ4v) is 14.2. The van der Waals surface area contributed by atoms with Crippen LogP contribution in [0.5, 0.6) is 0 Å². The van der Waals surface area contributed by atoms with E-state index in [0.29, 0.717) is 0 Å². The van der Waals surface area contributed by atoms with Gasteiger partial charge < -0.3 is 9.47 Å². The Kier molecular flexibility index (Phi) is 9.63. The molecule has 2 heteroatoms. The number of anilines is 3. The number of nitrogens with zero attached hydrogens (tertiary/aromatic N) is 2. The number of rotatable bonds is 7. The van der Waals surface area contributed by atoms with E-state index < -0.39 is 5.41 Å². The van der Waals surface area contributed by atoms with Gasteiger partial charge in [0.15, 0.2) is 0 Å². The van der Waals surface area contributed by atoms with Crippen LogP contribution in [0, 0.1) is 0 Å². The van der Waals surface area contributed by atoms with Crippen LogP contribution in [-0.4, -0.2) is 4.57 Å². The normalized spacial score (nSPS) is 13.7. The lowest BCUT2D eigenvalue weighted by Gasteiger charge is -2.30. The van der Waals surface area contributed by atoms with Crippen molar-refractivity contribution in [3.05, 3.63) is 312 Å². The van der Waals surface area contributed by atoms with Crippen molar-refractivity contribution in [3.8, 4) is 72.4 Å². The van der Waals surface area contributed by atoms with Crippen LogP contribution in [0.15, 0.2) is 279 Å². The van der Waals surface area contributed by atoms with Crippen LogP contribution in [0.1, 0.15) is 47.2 Å². The lowest BCUT2D eigenvalue weighted by Crippen LogP contribution is -2.25. The smallest absolute Gasteiger partial charge is 0.0725 e. The monoisotopic (exact) mass is 992 g/mol. The quantitative estimate of drug-likeness (QED) is 0.154. The maximum absolute atomic E-state index is 2.50. The molecule has 0 saturated heterocycles. The lowest BCUT2D eigenvalue weighted by molar-refractivity contribution is 0.660. The van der Waals surface area contributed by atoms with Crippen LogP contribution >= 0.6 is 0 Å². The Labute approximate surface area is 455 Å². The van der Waals surface area contributed by atoms with Crippen molar-refractivity contribution in [2.75, 3.05) is 4.90 Å². The van der Waals surface area contributed by atoms with Crippen molar-refractivity contribution in [2.45, 2.75) is 24.7 Å². The number of hydrogen-bond donors (Lipinski definition) is 0. The molecule has 0 fully saturated rings. The summed E-state index contributed by atoms with van der Waals surface area (Å²) in [7, 11) is 0. The summed E-state index contributed by atoms with van der Waals surface area (Å²) in [5.41, 5.74) is 29.2. The average molecular weight is 993 g/mol. The lowest BCUT2D eigenvalue weighted by atomic mass is 9.70. The van der Waals surface area contributed by atoms with E-state index in [1.807, 2.05) is 0 Å². The topological polar surface area (TPSA) is 8.17 Å². The van der Waals surface area contributed by atoms with Crippen molar-refractivity contribution in [3.63, 3.8) is 0 Å².